The Hall–Kier alpha value is -2.43. The molecule has 1 aromatic carbocycles. The lowest BCUT2D eigenvalue weighted by Gasteiger charge is -2.34. The second-order valence-electron chi connectivity index (χ2n) is 7.27. The number of benzene rings is 1. The van der Waals surface area contributed by atoms with Crippen LogP contribution in [-0.4, -0.2) is 61.7 Å². The van der Waals surface area contributed by atoms with E-state index >= 15 is 0 Å². The van der Waals surface area contributed by atoms with Crippen LogP contribution in [-0.2, 0) is 14.8 Å². The van der Waals surface area contributed by atoms with E-state index in [0.29, 0.717) is 35.8 Å². The molecule has 3 heterocycles. The van der Waals surface area contributed by atoms with Crippen molar-refractivity contribution in [1.82, 2.24) is 9.21 Å². The summed E-state index contributed by atoms with van der Waals surface area (Å²) in [5.41, 5.74) is 0.354. The molecule has 0 saturated carbocycles. The first-order valence-electron chi connectivity index (χ1n) is 9.77. The molecule has 2 aliphatic heterocycles. The van der Waals surface area contributed by atoms with Gasteiger partial charge in [0.15, 0.2) is 6.10 Å². The van der Waals surface area contributed by atoms with E-state index in [4.69, 9.17) is 4.74 Å². The van der Waals surface area contributed by atoms with Gasteiger partial charge in [-0.1, -0.05) is 6.92 Å². The minimum Gasteiger partial charge on any atom is -0.478 e. The number of nitrogens with zero attached hydrogens (tertiary/aromatic N) is 2. The SMILES string of the molecule is CC[C@H]1Oc2ccc(S(=O)(=O)N3CCN(C(=O)c4ccc(C)s4)CC3)cc2NC1=O. The fourth-order valence-corrected chi connectivity index (χ4v) is 5.83. The number of aryl methyl sites for hydroxylation is 1. The van der Waals surface area contributed by atoms with E-state index in [2.05, 4.69) is 5.32 Å². The minimum absolute atomic E-state index is 0.0655. The summed E-state index contributed by atoms with van der Waals surface area (Å²) in [5, 5.41) is 2.72. The van der Waals surface area contributed by atoms with Crippen molar-refractivity contribution in [3.05, 3.63) is 40.1 Å². The highest BCUT2D eigenvalue weighted by molar-refractivity contribution is 7.89. The lowest BCUT2D eigenvalue weighted by atomic mass is 10.2. The third-order valence-electron chi connectivity index (χ3n) is 5.26. The first-order chi connectivity index (χ1) is 14.3. The second-order valence-corrected chi connectivity index (χ2v) is 10.5. The van der Waals surface area contributed by atoms with Crippen molar-refractivity contribution in [2.75, 3.05) is 31.5 Å². The van der Waals surface area contributed by atoms with Crippen molar-refractivity contribution >= 4 is 38.9 Å². The molecular formula is C20H23N3O5S2. The van der Waals surface area contributed by atoms with E-state index < -0.39 is 16.1 Å². The van der Waals surface area contributed by atoms with Crippen molar-refractivity contribution in [1.29, 1.82) is 0 Å². The molecule has 0 radical (unpaired) electrons. The molecule has 1 aromatic heterocycles. The molecule has 0 spiro atoms. The number of hydrogen-bond acceptors (Lipinski definition) is 6. The topological polar surface area (TPSA) is 96.0 Å². The van der Waals surface area contributed by atoms with Gasteiger partial charge in [-0.3, -0.25) is 9.59 Å². The monoisotopic (exact) mass is 449 g/mol. The first-order valence-corrected chi connectivity index (χ1v) is 12.0. The fraction of sp³-hybridized carbons (Fsp3) is 0.400. The third kappa shape index (κ3) is 3.82. The molecule has 2 aromatic rings. The number of rotatable bonds is 4. The highest BCUT2D eigenvalue weighted by Gasteiger charge is 2.33. The molecular weight excluding hydrogens is 426 g/mol. The van der Waals surface area contributed by atoms with Gasteiger partial charge in [0.25, 0.3) is 11.8 Å². The number of thiophene rings is 1. The lowest BCUT2D eigenvalue weighted by Crippen LogP contribution is -2.50. The zero-order valence-electron chi connectivity index (χ0n) is 16.8. The number of piperazine rings is 1. The molecule has 2 aliphatic rings. The lowest BCUT2D eigenvalue weighted by molar-refractivity contribution is -0.123. The van der Waals surface area contributed by atoms with Crippen molar-refractivity contribution in [3.8, 4) is 5.75 Å². The zero-order chi connectivity index (χ0) is 21.5. The molecule has 0 bridgehead atoms. The van der Waals surface area contributed by atoms with Gasteiger partial charge in [-0.25, -0.2) is 8.42 Å². The number of carbonyl (C=O) groups excluding carboxylic acids is 2. The van der Waals surface area contributed by atoms with Crippen LogP contribution in [0.15, 0.2) is 35.2 Å². The summed E-state index contributed by atoms with van der Waals surface area (Å²) in [6, 6.07) is 8.20. The van der Waals surface area contributed by atoms with Crippen LogP contribution in [0.25, 0.3) is 0 Å². The van der Waals surface area contributed by atoms with Gasteiger partial charge in [0.1, 0.15) is 5.75 Å². The molecule has 8 nitrogen and oxygen atoms in total. The molecule has 0 aliphatic carbocycles. The number of nitrogens with one attached hydrogen (secondary N) is 1. The molecule has 30 heavy (non-hydrogen) atoms. The number of carbonyl (C=O) groups is 2. The van der Waals surface area contributed by atoms with E-state index in [1.807, 2.05) is 19.9 Å². The van der Waals surface area contributed by atoms with Crippen LogP contribution < -0.4 is 10.1 Å². The normalized spacial score (nSPS) is 19.7. The van der Waals surface area contributed by atoms with Crippen LogP contribution in [0, 0.1) is 6.92 Å². The molecule has 2 amide bonds. The van der Waals surface area contributed by atoms with Crippen LogP contribution in [0.2, 0.25) is 0 Å². The van der Waals surface area contributed by atoms with E-state index in [0.717, 1.165) is 4.88 Å². The van der Waals surface area contributed by atoms with Crippen molar-refractivity contribution < 1.29 is 22.7 Å². The van der Waals surface area contributed by atoms with E-state index in [1.165, 1.54) is 27.8 Å². The zero-order valence-corrected chi connectivity index (χ0v) is 18.4. The molecule has 1 saturated heterocycles. The van der Waals surface area contributed by atoms with Gasteiger partial charge in [-0.05, 0) is 43.7 Å². The van der Waals surface area contributed by atoms with Gasteiger partial charge in [0, 0.05) is 31.1 Å². The quantitative estimate of drug-likeness (QED) is 0.773. The predicted molar refractivity (Wildman–Crippen MR) is 113 cm³/mol. The maximum atomic E-state index is 13.1. The van der Waals surface area contributed by atoms with Gasteiger partial charge in [-0.2, -0.15) is 4.31 Å². The Morgan fingerprint density at radius 3 is 2.57 bits per heavy atom. The summed E-state index contributed by atoms with van der Waals surface area (Å²) in [6.45, 7) is 4.89. The molecule has 1 fully saturated rings. The van der Waals surface area contributed by atoms with Gasteiger partial charge >= 0.3 is 0 Å². The van der Waals surface area contributed by atoms with Gasteiger partial charge in [0.05, 0.1) is 15.5 Å². The Bertz CT molecular complexity index is 1090. The van der Waals surface area contributed by atoms with E-state index in [1.54, 1.807) is 17.0 Å². The van der Waals surface area contributed by atoms with Crippen LogP contribution in [0.4, 0.5) is 5.69 Å². The Kier molecular flexibility index (Phi) is 5.56. The van der Waals surface area contributed by atoms with Crippen molar-refractivity contribution in [2.45, 2.75) is 31.3 Å². The van der Waals surface area contributed by atoms with Crippen LogP contribution >= 0.6 is 11.3 Å². The van der Waals surface area contributed by atoms with Crippen LogP contribution in [0.1, 0.15) is 27.9 Å². The van der Waals surface area contributed by atoms with Gasteiger partial charge in [0.2, 0.25) is 10.0 Å². The molecule has 1 N–H and O–H groups in total. The second kappa shape index (κ2) is 8.01. The average molecular weight is 450 g/mol. The molecule has 4 rings (SSSR count). The van der Waals surface area contributed by atoms with Gasteiger partial charge in [-0.15, -0.1) is 11.3 Å². The fourth-order valence-electron chi connectivity index (χ4n) is 3.54. The summed E-state index contributed by atoms with van der Waals surface area (Å²) in [4.78, 5) is 28.1. The summed E-state index contributed by atoms with van der Waals surface area (Å²) in [6.07, 6.45) is -0.0444. The highest BCUT2D eigenvalue weighted by Crippen LogP contribution is 2.33. The highest BCUT2D eigenvalue weighted by atomic mass is 32.2. The van der Waals surface area contributed by atoms with Crippen molar-refractivity contribution in [2.24, 2.45) is 0 Å². The number of amides is 2. The Morgan fingerprint density at radius 1 is 1.20 bits per heavy atom. The number of hydrogen-bond donors (Lipinski definition) is 1. The maximum absolute atomic E-state index is 13.1. The van der Waals surface area contributed by atoms with Crippen molar-refractivity contribution in [3.63, 3.8) is 0 Å². The largest absolute Gasteiger partial charge is 0.478 e. The first kappa shape index (κ1) is 20.8. The molecule has 10 heteroatoms. The summed E-state index contributed by atoms with van der Waals surface area (Å²) in [5.74, 6) is 0.113. The summed E-state index contributed by atoms with van der Waals surface area (Å²) in [7, 11) is -3.75. The Labute approximate surface area is 179 Å². The van der Waals surface area contributed by atoms with E-state index in [9.17, 15) is 18.0 Å². The minimum atomic E-state index is -3.75. The van der Waals surface area contributed by atoms with E-state index in [-0.39, 0.29) is 29.8 Å². The molecule has 1 atom stereocenters. The summed E-state index contributed by atoms with van der Waals surface area (Å²) < 4.78 is 33.2. The number of ether oxygens (including phenoxy) is 1. The third-order valence-corrected chi connectivity index (χ3v) is 8.14. The summed E-state index contributed by atoms with van der Waals surface area (Å²) >= 11 is 1.44. The predicted octanol–water partition coefficient (Wildman–Crippen LogP) is 2.31. The Balaban J connectivity index is 1.47. The average Bonchev–Trinajstić information content (AvgIpc) is 3.18. The van der Waals surface area contributed by atoms with Crippen LogP contribution in [0.5, 0.6) is 5.75 Å². The van der Waals surface area contributed by atoms with Gasteiger partial charge < -0.3 is 15.0 Å². The standard InChI is InChI=1S/C20H23N3O5S2/c1-3-16-19(24)21-15-12-14(5-6-17(15)28-16)30(26,27)23-10-8-22(9-11-23)20(25)18-7-4-13(2)29-18/h4-7,12,16H,3,8-11H2,1-2H3,(H,21,24)/t16-/m1/s1. The number of sulfonamides is 1. The van der Waals surface area contributed by atoms with Crippen LogP contribution in [0.3, 0.4) is 0 Å². The molecule has 0 unspecified atom stereocenters. The number of anilines is 1. The molecule has 160 valence electrons. The number of fused-ring (bicyclic) bond motifs is 1. The Morgan fingerprint density at radius 2 is 1.93 bits per heavy atom. The smallest absolute Gasteiger partial charge is 0.265 e. The maximum Gasteiger partial charge on any atom is 0.265 e.